The normalized spacial score (nSPS) is 15.4. The highest BCUT2D eigenvalue weighted by molar-refractivity contribution is 7.07. The van der Waals surface area contributed by atoms with Crippen LogP contribution >= 0.6 is 11.3 Å². The van der Waals surface area contributed by atoms with Gasteiger partial charge in [0, 0.05) is 12.4 Å². The van der Waals surface area contributed by atoms with Gasteiger partial charge in [0.1, 0.15) is 0 Å². The molecule has 2 aromatic heterocycles. The zero-order chi connectivity index (χ0) is 24.9. The third-order valence-electron chi connectivity index (χ3n) is 5.38. The number of rotatable bonds is 8. The Labute approximate surface area is 206 Å². The van der Waals surface area contributed by atoms with Gasteiger partial charge < -0.3 is 14.2 Å². The van der Waals surface area contributed by atoms with Crippen LogP contribution in [0.3, 0.4) is 0 Å². The number of carbonyl (C=O) groups excluding carboxylic acids is 1. The monoisotopic (exact) mass is 493 g/mol. The highest BCUT2D eigenvalue weighted by atomic mass is 32.1. The molecule has 4 rings (SSSR count). The average molecular weight is 494 g/mol. The summed E-state index contributed by atoms with van der Waals surface area (Å²) >= 11 is 1.27. The van der Waals surface area contributed by atoms with Gasteiger partial charge in [-0.25, -0.2) is 9.79 Å². The van der Waals surface area contributed by atoms with E-state index in [1.807, 2.05) is 38.1 Å². The van der Waals surface area contributed by atoms with Gasteiger partial charge in [-0.3, -0.25) is 14.3 Å². The number of nitrogens with zero attached hydrogens (tertiary/aromatic N) is 3. The second-order valence-electron chi connectivity index (χ2n) is 7.66. The van der Waals surface area contributed by atoms with E-state index in [0.717, 1.165) is 5.56 Å². The fourth-order valence-corrected chi connectivity index (χ4v) is 5.00. The minimum absolute atomic E-state index is 0.210. The number of pyridine rings is 1. The van der Waals surface area contributed by atoms with Crippen molar-refractivity contribution in [1.29, 1.82) is 0 Å². The molecular formula is C26H27N3O5S. The van der Waals surface area contributed by atoms with Crippen LogP contribution in [0.5, 0.6) is 11.5 Å². The summed E-state index contributed by atoms with van der Waals surface area (Å²) in [6.45, 7) is 8.42. The number of hydrogen-bond acceptors (Lipinski definition) is 8. The van der Waals surface area contributed by atoms with Crippen LogP contribution in [-0.4, -0.2) is 35.3 Å². The molecule has 0 fully saturated rings. The summed E-state index contributed by atoms with van der Waals surface area (Å²) in [5.74, 6) is 0.634. The Kier molecular flexibility index (Phi) is 7.45. The highest BCUT2D eigenvalue weighted by Gasteiger charge is 2.34. The molecule has 1 aliphatic heterocycles. The molecule has 1 aliphatic rings. The molecule has 0 radical (unpaired) electrons. The number of allylic oxidation sites excluding steroid dienone is 1. The number of thiazole rings is 1. The van der Waals surface area contributed by atoms with Crippen LogP contribution in [0.25, 0.3) is 6.08 Å². The molecule has 3 aromatic rings. The predicted octanol–water partition coefficient (Wildman–Crippen LogP) is 2.99. The van der Waals surface area contributed by atoms with Gasteiger partial charge in [-0.15, -0.1) is 0 Å². The fourth-order valence-electron chi connectivity index (χ4n) is 3.96. The number of fused-ring (bicyclic) bond motifs is 1. The van der Waals surface area contributed by atoms with Crippen molar-refractivity contribution in [2.24, 2.45) is 4.99 Å². The molecule has 0 bridgehead atoms. The lowest BCUT2D eigenvalue weighted by Crippen LogP contribution is -2.40. The van der Waals surface area contributed by atoms with E-state index in [0.29, 0.717) is 50.9 Å². The SMILES string of the molecule is CCOC(=O)C1=C(C)N=c2s/c(=C\c3cccnc3)c(=O)n2C1c1ccc(OCC)c(OCC)c1. The maximum atomic E-state index is 13.6. The van der Waals surface area contributed by atoms with Crippen molar-refractivity contribution in [3.05, 3.63) is 84.8 Å². The van der Waals surface area contributed by atoms with Gasteiger partial charge in [0.2, 0.25) is 0 Å². The zero-order valence-electron chi connectivity index (χ0n) is 20.1. The Balaban J connectivity index is 1.95. The lowest BCUT2D eigenvalue weighted by atomic mass is 9.95. The van der Waals surface area contributed by atoms with Gasteiger partial charge in [0.25, 0.3) is 5.56 Å². The van der Waals surface area contributed by atoms with E-state index in [1.165, 1.54) is 11.3 Å². The number of esters is 1. The number of hydrogen-bond donors (Lipinski definition) is 0. The Morgan fingerprint density at radius 1 is 1.11 bits per heavy atom. The zero-order valence-corrected chi connectivity index (χ0v) is 20.9. The maximum Gasteiger partial charge on any atom is 0.338 e. The molecule has 8 nitrogen and oxygen atoms in total. The van der Waals surface area contributed by atoms with Crippen molar-refractivity contribution in [3.8, 4) is 11.5 Å². The first-order valence-electron chi connectivity index (χ1n) is 11.5. The molecule has 35 heavy (non-hydrogen) atoms. The van der Waals surface area contributed by atoms with Gasteiger partial charge in [-0.05, 0) is 63.1 Å². The number of ether oxygens (including phenoxy) is 3. The minimum atomic E-state index is -0.726. The molecule has 0 saturated carbocycles. The van der Waals surface area contributed by atoms with E-state index in [1.54, 1.807) is 43.0 Å². The van der Waals surface area contributed by atoms with Crippen LogP contribution in [0.2, 0.25) is 0 Å². The Morgan fingerprint density at radius 2 is 1.89 bits per heavy atom. The van der Waals surface area contributed by atoms with Crippen molar-refractivity contribution in [3.63, 3.8) is 0 Å². The van der Waals surface area contributed by atoms with Gasteiger partial charge in [0.05, 0.1) is 41.7 Å². The average Bonchev–Trinajstić information content (AvgIpc) is 3.14. The van der Waals surface area contributed by atoms with Crippen LogP contribution < -0.4 is 24.4 Å². The summed E-state index contributed by atoms with van der Waals surface area (Å²) in [5.41, 5.74) is 2.08. The smallest absolute Gasteiger partial charge is 0.338 e. The van der Waals surface area contributed by atoms with E-state index >= 15 is 0 Å². The first-order chi connectivity index (χ1) is 17.0. The largest absolute Gasteiger partial charge is 0.490 e. The van der Waals surface area contributed by atoms with E-state index in [9.17, 15) is 9.59 Å². The van der Waals surface area contributed by atoms with Crippen LogP contribution in [0.15, 0.2) is 63.8 Å². The van der Waals surface area contributed by atoms with Crippen molar-refractivity contribution < 1.29 is 19.0 Å². The molecule has 182 valence electrons. The van der Waals surface area contributed by atoms with Crippen molar-refractivity contribution in [1.82, 2.24) is 9.55 Å². The summed E-state index contributed by atoms with van der Waals surface area (Å²) in [6, 6.07) is 8.41. The maximum absolute atomic E-state index is 13.6. The van der Waals surface area contributed by atoms with Crippen LogP contribution in [0.1, 0.15) is 44.9 Å². The molecule has 1 aromatic carbocycles. The van der Waals surface area contributed by atoms with Crippen molar-refractivity contribution >= 4 is 23.4 Å². The molecule has 0 aliphatic carbocycles. The molecule has 9 heteroatoms. The van der Waals surface area contributed by atoms with E-state index < -0.39 is 12.0 Å². The molecule has 1 atom stereocenters. The summed E-state index contributed by atoms with van der Waals surface area (Å²) in [7, 11) is 0. The predicted molar refractivity (Wildman–Crippen MR) is 133 cm³/mol. The first kappa shape index (κ1) is 24.4. The Hall–Kier alpha value is -3.72. The molecule has 0 spiro atoms. The van der Waals surface area contributed by atoms with Crippen molar-refractivity contribution in [2.75, 3.05) is 19.8 Å². The van der Waals surface area contributed by atoms with Gasteiger partial charge >= 0.3 is 5.97 Å². The third-order valence-corrected chi connectivity index (χ3v) is 6.37. The van der Waals surface area contributed by atoms with Gasteiger partial charge in [-0.1, -0.05) is 23.5 Å². The lowest BCUT2D eigenvalue weighted by molar-refractivity contribution is -0.139. The molecule has 3 heterocycles. The number of carbonyl (C=O) groups is 1. The summed E-state index contributed by atoms with van der Waals surface area (Å²) in [6.07, 6.45) is 5.14. The van der Waals surface area contributed by atoms with Crippen molar-refractivity contribution in [2.45, 2.75) is 33.7 Å². The quantitative estimate of drug-likeness (QED) is 0.448. The van der Waals surface area contributed by atoms with Crippen LogP contribution in [-0.2, 0) is 9.53 Å². The van der Waals surface area contributed by atoms with Gasteiger partial charge in [0.15, 0.2) is 16.3 Å². The highest BCUT2D eigenvalue weighted by Crippen LogP contribution is 2.36. The second-order valence-corrected chi connectivity index (χ2v) is 8.67. The number of benzene rings is 1. The molecule has 0 N–H and O–H groups in total. The Bertz CT molecular complexity index is 1440. The van der Waals surface area contributed by atoms with Crippen LogP contribution in [0.4, 0.5) is 0 Å². The second kappa shape index (κ2) is 10.7. The van der Waals surface area contributed by atoms with Gasteiger partial charge in [-0.2, -0.15) is 0 Å². The van der Waals surface area contributed by atoms with E-state index in [2.05, 4.69) is 9.98 Å². The Morgan fingerprint density at radius 3 is 2.57 bits per heavy atom. The minimum Gasteiger partial charge on any atom is -0.490 e. The standard InChI is InChI=1S/C26H27N3O5S/c1-5-32-19-11-10-18(14-20(19)33-6-2)23-22(25(31)34-7-3)16(4)28-26-29(23)24(30)21(35-26)13-17-9-8-12-27-15-17/h8-15,23H,5-7H2,1-4H3/b21-13-. The first-order valence-corrected chi connectivity index (χ1v) is 12.3. The third kappa shape index (κ3) is 4.90. The molecule has 0 amide bonds. The fraction of sp³-hybridized carbons (Fsp3) is 0.308. The topological polar surface area (TPSA) is 92.0 Å². The summed E-state index contributed by atoms with van der Waals surface area (Å²) in [4.78, 5) is 35.9. The summed E-state index contributed by atoms with van der Waals surface area (Å²) in [5, 5.41) is 0. The van der Waals surface area contributed by atoms with E-state index in [-0.39, 0.29) is 12.2 Å². The lowest BCUT2D eigenvalue weighted by Gasteiger charge is -2.25. The molecule has 1 unspecified atom stereocenters. The molecular weight excluding hydrogens is 466 g/mol. The molecule has 0 saturated heterocycles. The number of aromatic nitrogens is 2. The van der Waals surface area contributed by atoms with Crippen LogP contribution in [0, 0.1) is 0 Å². The summed E-state index contributed by atoms with van der Waals surface area (Å²) < 4.78 is 18.9. The van der Waals surface area contributed by atoms with E-state index in [4.69, 9.17) is 14.2 Å².